The molecule has 3 rings (SSSR count). The zero-order chi connectivity index (χ0) is 15.0. The van der Waals surface area contributed by atoms with Gasteiger partial charge < -0.3 is 10.2 Å². The largest absolute Gasteiger partial charge is 0.306 e. The third kappa shape index (κ3) is 3.16. The Morgan fingerprint density at radius 1 is 0.952 bits per heavy atom. The second-order valence-electron chi connectivity index (χ2n) is 8.34. The van der Waals surface area contributed by atoms with Gasteiger partial charge in [-0.1, -0.05) is 6.42 Å². The van der Waals surface area contributed by atoms with Crippen LogP contribution < -0.4 is 5.32 Å². The Bertz CT molecular complexity index is 354. The monoisotopic (exact) mass is 293 g/mol. The van der Waals surface area contributed by atoms with Crippen LogP contribution >= 0.6 is 0 Å². The summed E-state index contributed by atoms with van der Waals surface area (Å²) in [6, 6.07) is 2.14. The van der Waals surface area contributed by atoms with Gasteiger partial charge in [-0.05, 0) is 65.8 Å². The molecule has 3 nitrogen and oxygen atoms in total. The van der Waals surface area contributed by atoms with E-state index < -0.39 is 0 Å². The molecule has 122 valence electrons. The lowest BCUT2D eigenvalue weighted by Crippen LogP contribution is -2.65. The van der Waals surface area contributed by atoms with Gasteiger partial charge in [0.2, 0.25) is 0 Å². The molecule has 2 bridgehead atoms. The molecule has 0 aromatic carbocycles. The molecule has 3 aliphatic heterocycles. The van der Waals surface area contributed by atoms with E-state index >= 15 is 0 Å². The molecule has 0 radical (unpaired) electrons. The first-order valence-corrected chi connectivity index (χ1v) is 9.26. The van der Waals surface area contributed by atoms with Crippen LogP contribution in [0.4, 0.5) is 0 Å². The van der Waals surface area contributed by atoms with Crippen molar-refractivity contribution in [1.29, 1.82) is 0 Å². The molecule has 3 unspecified atom stereocenters. The van der Waals surface area contributed by atoms with E-state index in [9.17, 15) is 0 Å². The predicted molar refractivity (Wildman–Crippen MR) is 89.6 cm³/mol. The topological polar surface area (TPSA) is 18.5 Å². The summed E-state index contributed by atoms with van der Waals surface area (Å²) in [5, 5.41) is 4.08. The molecule has 3 atom stereocenters. The fraction of sp³-hybridized carbons (Fsp3) is 1.00. The maximum Gasteiger partial charge on any atom is 0.0352 e. The van der Waals surface area contributed by atoms with Gasteiger partial charge in [-0.15, -0.1) is 0 Å². The Kier molecular flexibility index (Phi) is 4.63. The minimum atomic E-state index is 0.407. The maximum absolute atomic E-state index is 4.08. The van der Waals surface area contributed by atoms with E-state index in [0.717, 1.165) is 12.0 Å². The summed E-state index contributed by atoms with van der Waals surface area (Å²) in [6.45, 7) is 14.6. The number of hydrogen-bond donors (Lipinski definition) is 1. The van der Waals surface area contributed by atoms with Gasteiger partial charge in [0.25, 0.3) is 0 Å². The van der Waals surface area contributed by atoms with Crippen molar-refractivity contribution in [2.45, 2.75) is 83.5 Å². The van der Waals surface area contributed by atoms with Crippen LogP contribution in [0.25, 0.3) is 0 Å². The molecular formula is C18H35N3. The van der Waals surface area contributed by atoms with Crippen LogP contribution in [0.3, 0.4) is 0 Å². The van der Waals surface area contributed by atoms with Crippen molar-refractivity contribution < 1.29 is 0 Å². The van der Waals surface area contributed by atoms with Crippen LogP contribution in [0.1, 0.15) is 59.8 Å². The SMILES string of the molecule is CC(C)N1CCCCC(C23CCC(CN(C(C)C)C2)N3)C1. The molecule has 1 N–H and O–H groups in total. The quantitative estimate of drug-likeness (QED) is 0.863. The van der Waals surface area contributed by atoms with Gasteiger partial charge in [-0.25, -0.2) is 0 Å². The van der Waals surface area contributed by atoms with Gasteiger partial charge in [0.15, 0.2) is 0 Å². The molecular weight excluding hydrogens is 258 g/mol. The fourth-order valence-corrected chi connectivity index (χ4v) is 4.89. The number of likely N-dealkylation sites (tertiary alicyclic amines) is 2. The van der Waals surface area contributed by atoms with Crippen LogP contribution in [-0.2, 0) is 0 Å². The second kappa shape index (κ2) is 6.17. The third-order valence-electron chi connectivity index (χ3n) is 6.32. The van der Waals surface area contributed by atoms with Crippen molar-refractivity contribution in [3.63, 3.8) is 0 Å². The van der Waals surface area contributed by atoms with Crippen molar-refractivity contribution >= 4 is 0 Å². The summed E-state index contributed by atoms with van der Waals surface area (Å²) in [7, 11) is 0. The van der Waals surface area contributed by atoms with Crippen molar-refractivity contribution in [3.05, 3.63) is 0 Å². The molecule has 0 saturated carbocycles. The molecule has 3 heteroatoms. The minimum absolute atomic E-state index is 0.407. The van der Waals surface area contributed by atoms with Crippen LogP contribution in [0.5, 0.6) is 0 Å². The number of nitrogens with one attached hydrogen (secondary N) is 1. The summed E-state index contributed by atoms with van der Waals surface area (Å²) in [5.41, 5.74) is 0.407. The standard InChI is InChI=1S/C18H35N3/c1-14(2)20-10-6-5-7-16(11-20)18-9-8-17(19-18)12-21(13-18)15(3)4/h14-17,19H,5-13H2,1-4H3. The normalized spacial score (nSPS) is 39.1. The van der Waals surface area contributed by atoms with Crippen molar-refractivity contribution in [2.75, 3.05) is 26.2 Å². The predicted octanol–water partition coefficient (Wildman–Crippen LogP) is 2.71. The van der Waals surface area contributed by atoms with Gasteiger partial charge in [0.1, 0.15) is 0 Å². The zero-order valence-electron chi connectivity index (χ0n) is 14.6. The van der Waals surface area contributed by atoms with Crippen molar-refractivity contribution in [3.8, 4) is 0 Å². The highest BCUT2D eigenvalue weighted by molar-refractivity contribution is 5.09. The van der Waals surface area contributed by atoms with Crippen LogP contribution in [0.2, 0.25) is 0 Å². The lowest BCUT2D eigenvalue weighted by molar-refractivity contribution is 0.0546. The maximum atomic E-state index is 4.08. The number of piperazine rings is 1. The summed E-state index contributed by atoms with van der Waals surface area (Å²) in [4.78, 5) is 5.47. The Morgan fingerprint density at radius 2 is 1.71 bits per heavy atom. The lowest BCUT2D eigenvalue weighted by atomic mass is 9.78. The van der Waals surface area contributed by atoms with Gasteiger partial charge in [-0.3, -0.25) is 4.90 Å². The zero-order valence-corrected chi connectivity index (χ0v) is 14.6. The first-order valence-electron chi connectivity index (χ1n) is 9.26. The number of rotatable bonds is 3. The first kappa shape index (κ1) is 15.8. The van der Waals surface area contributed by atoms with Crippen LogP contribution in [0, 0.1) is 5.92 Å². The van der Waals surface area contributed by atoms with E-state index in [4.69, 9.17) is 0 Å². The van der Waals surface area contributed by atoms with E-state index in [0.29, 0.717) is 17.6 Å². The molecule has 21 heavy (non-hydrogen) atoms. The molecule has 3 fully saturated rings. The molecule has 0 aromatic rings. The van der Waals surface area contributed by atoms with Gasteiger partial charge in [0.05, 0.1) is 0 Å². The van der Waals surface area contributed by atoms with E-state index in [1.54, 1.807) is 0 Å². The molecule has 0 aliphatic carbocycles. The Hall–Kier alpha value is -0.120. The van der Waals surface area contributed by atoms with E-state index in [2.05, 4.69) is 42.8 Å². The summed E-state index contributed by atoms with van der Waals surface area (Å²) >= 11 is 0. The van der Waals surface area contributed by atoms with E-state index in [-0.39, 0.29) is 0 Å². The highest BCUT2D eigenvalue weighted by Crippen LogP contribution is 2.40. The number of nitrogens with zero attached hydrogens (tertiary/aromatic N) is 2. The smallest absolute Gasteiger partial charge is 0.0352 e. The molecule has 0 aromatic heterocycles. The van der Waals surface area contributed by atoms with E-state index in [1.165, 1.54) is 58.3 Å². The van der Waals surface area contributed by atoms with Gasteiger partial charge in [-0.2, -0.15) is 0 Å². The average molecular weight is 293 g/mol. The second-order valence-corrected chi connectivity index (χ2v) is 8.34. The van der Waals surface area contributed by atoms with Crippen molar-refractivity contribution in [2.24, 2.45) is 5.92 Å². The van der Waals surface area contributed by atoms with Crippen LogP contribution in [0.15, 0.2) is 0 Å². The Labute approximate surface area is 131 Å². The molecule has 3 aliphatic rings. The summed E-state index contributed by atoms with van der Waals surface area (Å²) in [6.07, 6.45) is 7.03. The first-order chi connectivity index (χ1) is 10.00. The van der Waals surface area contributed by atoms with Gasteiger partial charge in [0, 0.05) is 43.3 Å². The highest BCUT2D eigenvalue weighted by Gasteiger charge is 2.49. The third-order valence-corrected chi connectivity index (χ3v) is 6.32. The minimum Gasteiger partial charge on any atom is -0.306 e. The molecule has 3 heterocycles. The van der Waals surface area contributed by atoms with Crippen molar-refractivity contribution in [1.82, 2.24) is 15.1 Å². The van der Waals surface area contributed by atoms with Crippen LogP contribution in [-0.4, -0.2) is 59.6 Å². The highest BCUT2D eigenvalue weighted by atomic mass is 15.3. The summed E-state index contributed by atoms with van der Waals surface area (Å²) in [5.74, 6) is 0.842. The molecule has 0 spiro atoms. The Morgan fingerprint density at radius 3 is 2.43 bits per heavy atom. The summed E-state index contributed by atoms with van der Waals surface area (Å²) < 4.78 is 0. The molecule has 0 amide bonds. The van der Waals surface area contributed by atoms with Gasteiger partial charge >= 0.3 is 0 Å². The number of hydrogen-bond acceptors (Lipinski definition) is 3. The molecule has 3 saturated heterocycles. The Balaban J connectivity index is 1.76. The number of fused-ring (bicyclic) bond motifs is 2. The van der Waals surface area contributed by atoms with E-state index in [1.807, 2.05) is 0 Å². The lowest BCUT2D eigenvalue weighted by Gasteiger charge is -2.48. The fourth-order valence-electron chi connectivity index (χ4n) is 4.89. The average Bonchev–Trinajstić information content (AvgIpc) is 2.66.